The van der Waals surface area contributed by atoms with E-state index in [-0.39, 0.29) is 0 Å². The van der Waals surface area contributed by atoms with E-state index in [9.17, 15) is 0 Å². The van der Waals surface area contributed by atoms with Gasteiger partial charge in [0.05, 0.1) is 11.4 Å². The summed E-state index contributed by atoms with van der Waals surface area (Å²) >= 11 is 0. The number of rotatable bonds is 6. The Labute approximate surface area is 167 Å². The van der Waals surface area contributed by atoms with Gasteiger partial charge in [0, 0.05) is 29.7 Å². The molecular weight excluding hydrogens is 364 g/mol. The molecule has 1 aromatic carbocycles. The van der Waals surface area contributed by atoms with Gasteiger partial charge in [-0.2, -0.15) is 10.5 Å². The zero-order chi connectivity index (χ0) is 19.2. The smallest absolute Gasteiger partial charge is 0.202 e. The summed E-state index contributed by atoms with van der Waals surface area (Å²) in [6.45, 7) is 0. The first-order chi connectivity index (χ1) is 14.3. The van der Waals surface area contributed by atoms with Crippen LogP contribution in [0.4, 0.5) is 5.69 Å². The second-order valence-electron chi connectivity index (χ2n) is 7.75. The molecule has 8 heteroatoms. The Balaban J connectivity index is 1.23. The average molecular weight is 385 g/mol. The lowest BCUT2D eigenvalue weighted by Gasteiger charge is -2.07. The molecule has 4 aromatic rings. The highest BCUT2D eigenvalue weighted by Gasteiger charge is 2.29. The molecule has 8 nitrogen and oxygen atoms in total. The quantitative estimate of drug-likeness (QED) is 0.517. The van der Waals surface area contributed by atoms with E-state index in [1.807, 2.05) is 52.3 Å². The Bertz CT molecular complexity index is 1150. The molecule has 0 bridgehead atoms. The Morgan fingerprint density at radius 2 is 1.90 bits per heavy atom. The Morgan fingerprint density at radius 3 is 2.69 bits per heavy atom. The normalized spacial score (nSPS) is 16.1. The van der Waals surface area contributed by atoms with Gasteiger partial charge in [0.2, 0.25) is 12.4 Å². The molecule has 0 saturated heterocycles. The molecular formula is C21H21N8+. The van der Waals surface area contributed by atoms with Gasteiger partial charge >= 0.3 is 0 Å². The fourth-order valence-corrected chi connectivity index (χ4v) is 3.65. The van der Waals surface area contributed by atoms with Crippen LogP contribution in [0.2, 0.25) is 0 Å². The third-order valence-electron chi connectivity index (χ3n) is 5.47. The van der Waals surface area contributed by atoms with Crippen LogP contribution in [-0.2, 0) is 0 Å². The van der Waals surface area contributed by atoms with Crippen molar-refractivity contribution in [3.8, 4) is 17.1 Å². The highest BCUT2D eigenvalue weighted by molar-refractivity contribution is 5.62. The van der Waals surface area contributed by atoms with E-state index in [0.717, 1.165) is 28.6 Å². The molecule has 0 unspecified atom stereocenters. The molecule has 2 fully saturated rings. The largest absolute Gasteiger partial charge is 0.310 e. The number of hydrogen-bond acceptors (Lipinski definition) is 5. The van der Waals surface area contributed by atoms with Crippen LogP contribution in [0.5, 0.6) is 0 Å². The maximum Gasteiger partial charge on any atom is 0.202 e. The van der Waals surface area contributed by atoms with Gasteiger partial charge in [0.1, 0.15) is 18.5 Å². The fraction of sp³-hybridized carbons (Fsp3) is 0.286. The van der Waals surface area contributed by atoms with E-state index >= 15 is 0 Å². The lowest BCUT2D eigenvalue weighted by atomic mass is 10.2. The second-order valence-corrected chi connectivity index (χ2v) is 7.75. The van der Waals surface area contributed by atoms with Crippen molar-refractivity contribution in [1.82, 2.24) is 29.5 Å². The van der Waals surface area contributed by atoms with Crippen LogP contribution < -0.4 is 10.1 Å². The number of hydrogen-bond donors (Lipinski definition) is 1. The predicted octanol–water partition coefficient (Wildman–Crippen LogP) is 2.90. The van der Waals surface area contributed by atoms with E-state index in [4.69, 9.17) is 0 Å². The topological polar surface area (TPSA) is 77.3 Å². The summed E-state index contributed by atoms with van der Waals surface area (Å²) < 4.78 is 6.05. The number of aromatic nitrogens is 7. The highest BCUT2D eigenvalue weighted by Crippen LogP contribution is 2.39. The summed E-state index contributed by atoms with van der Waals surface area (Å²) in [4.78, 5) is 4.42. The first-order valence-electron chi connectivity index (χ1n) is 10.0. The van der Waals surface area contributed by atoms with Crippen LogP contribution in [0.1, 0.15) is 43.5 Å². The predicted molar refractivity (Wildman–Crippen MR) is 106 cm³/mol. The van der Waals surface area contributed by atoms with Gasteiger partial charge in [-0.05, 0) is 37.8 Å². The van der Waals surface area contributed by atoms with Crippen molar-refractivity contribution in [3.05, 3.63) is 67.3 Å². The van der Waals surface area contributed by atoms with E-state index in [1.165, 1.54) is 25.7 Å². The Morgan fingerprint density at radius 1 is 1.03 bits per heavy atom. The van der Waals surface area contributed by atoms with Crippen molar-refractivity contribution in [2.75, 3.05) is 5.43 Å². The number of nitrogens with one attached hydrogen (secondary N) is 1. The van der Waals surface area contributed by atoms with Crippen molar-refractivity contribution in [1.29, 1.82) is 0 Å². The van der Waals surface area contributed by atoms with Crippen molar-refractivity contribution < 1.29 is 4.68 Å². The van der Waals surface area contributed by atoms with Gasteiger partial charge in [0.15, 0.2) is 5.82 Å². The summed E-state index contributed by atoms with van der Waals surface area (Å²) in [6, 6.07) is 12.9. The van der Waals surface area contributed by atoms with E-state index < -0.39 is 0 Å². The van der Waals surface area contributed by atoms with Crippen LogP contribution in [0.25, 0.3) is 17.1 Å². The molecule has 29 heavy (non-hydrogen) atoms. The van der Waals surface area contributed by atoms with Gasteiger partial charge in [-0.25, -0.2) is 9.67 Å². The molecule has 0 radical (unpaired) electrons. The van der Waals surface area contributed by atoms with E-state index in [2.05, 4.69) is 42.4 Å². The molecule has 3 heterocycles. The molecule has 1 N–H and O–H groups in total. The number of nitrogens with zero attached hydrogens (tertiary/aromatic N) is 7. The molecule has 2 aliphatic rings. The summed E-state index contributed by atoms with van der Waals surface area (Å²) in [5, 5.41) is 12.8. The van der Waals surface area contributed by atoms with Crippen molar-refractivity contribution in [2.24, 2.45) is 0 Å². The van der Waals surface area contributed by atoms with Gasteiger partial charge in [-0.15, -0.1) is 10.2 Å². The lowest BCUT2D eigenvalue weighted by Crippen LogP contribution is -2.41. The molecule has 0 amide bonds. The molecule has 144 valence electrons. The maximum atomic E-state index is 4.42. The van der Waals surface area contributed by atoms with E-state index in [0.29, 0.717) is 12.0 Å². The SMILES string of the molecule is c1cc(N[n+]2ccc(-n3ncnc3C3CC3)cc2)cc(-c2nncn2C2CC2)c1. The average Bonchev–Trinajstić information content (AvgIpc) is 3.69. The minimum absolute atomic E-state index is 0.552. The number of anilines is 1. The summed E-state index contributed by atoms with van der Waals surface area (Å²) in [5.41, 5.74) is 6.48. The maximum absolute atomic E-state index is 4.42. The van der Waals surface area contributed by atoms with Gasteiger partial charge in [-0.3, -0.25) is 0 Å². The molecule has 0 spiro atoms. The Kier molecular flexibility index (Phi) is 3.68. The molecule has 6 rings (SSSR count). The van der Waals surface area contributed by atoms with Crippen LogP contribution in [0.3, 0.4) is 0 Å². The van der Waals surface area contributed by atoms with Crippen molar-refractivity contribution in [2.45, 2.75) is 37.6 Å². The zero-order valence-electron chi connectivity index (χ0n) is 15.9. The van der Waals surface area contributed by atoms with E-state index in [1.54, 1.807) is 6.33 Å². The summed E-state index contributed by atoms with van der Waals surface area (Å²) in [6.07, 6.45) is 12.3. The van der Waals surface area contributed by atoms with Crippen molar-refractivity contribution >= 4 is 5.69 Å². The minimum atomic E-state index is 0.552. The number of benzene rings is 1. The molecule has 0 aliphatic heterocycles. The standard InChI is InChI=1S/C21H21N8/c1-2-16(21-25-23-14-28(21)18-6-7-18)12-17(3-1)26-27-10-8-19(9-11-27)29-20(15-4-5-15)22-13-24-29/h1-3,8-15,18,26H,4-7H2/q+1. The molecule has 2 saturated carbocycles. The van der Waals surface area contributed by atoms with Gasteiger partial charge < -0.3 is 4.57 Å². The fourth-order valence-electron chi connectivity index (χ4n) is 3.65. The third kappa shape index (κ3) is 3.16. The molecule has 2 aliphatic carbocycles. The van der Waals surface area contributed by atoms with Crippen LogP contribution >= 0.6 is 0 Å². The summed E-state index contributed by atoms with van der Waals surface area (Å²) in [5.74, 6) is 2.54. The highest BCUT2D eigenvalue weighted by atomic mass is 15.4. The monoisotopic (exact) mass is 385 g/mol. The first-order valence-corrected chi connectivity index (χ1v) is 10.0. The van der Waals surface area contributed by atoms with Crippen LogP contribution in [-0.4, -0.2) is 29.5 Å². The summed E-state index contributed by atoms with van der Waals surface area (Å²) in [7, 11) is 0. The van der Waals surface area contributed by atoms with Crippen LogP contribution in [0, 0.1) is 0 Å². The van der Waals surface area contributed by atoms with Crippen molar-refractivity contribution in [3.63, 3.8) is 0 Å². The molecule has 0 atom stereocenters. The van der Waals surface area contributed by atoms with Crippen LogP contribution in [0.15, 0.2) is 61.4 Å². The third-order valence-corrected chi connectivity index (χ3v) is 5.47. The minimum Gasteiger partial charge on any atom is -0.310 e. The first kappa shape index (κ1) is 16.4. The lowest BCUT2D eigenvalue weighted by molar-refractivity contribution is -0.642. The zero-order valence-corrected chi connectivity index (χ0v) is 15.9. The Hall–Kier alpha value is -3.55. The van der Waals surface area contributed by atoms with Gasteiger partial charge in [-0.1, -0.05) is 16.8 Å². The molecule has 3 aromatic heterocycles. The van der Waals surface area contributed by atoms with Gasteiger partial charge in [0.25, 0.3) is 0 Å². The number of pyridine rings is 1. The second kappa shape index (κ2) is 6.51.